The van der Waals surface area contributed by atoms with Gasteiger partial charge in [-0.05, 0) is 31.9 Å². The maximum atomic E-state index is 11.8. The van der Waals surface area contributed by atoms with E-state index < -0.39 is 5.91 Å². The highest BCUT2D eigenvalue weighted by Crippen LogP contribution is 2.29. The predicted octanol–water partition coefficient (Wildman–Crippen LogP) is 1.44. The second-order valence-corrected chi connectivity index (χ2v) is 5.27. The summed E-state index contributed by atoms with van der Waals surface area (Å²) in [7, 11) is 0. The molecule has 1 atom stereocenters. The number of likely N-dealkylation sites (N-methyl/N-ethyl adjacent to an activating group) is 1. The molecule has 3 rings (SSSR count). The summed E-state index contributed by atoms with van der Waals surface area (Å²) in [6.07, 6.45) is 5.52. The van der Waals surface area contributed by atoms with Gasteiger partial charge in [-0.25, -0.2) is 4.52 Å². The number of anilines is 1. The molecular weight excluding hydrogens is 268 g/mol. The van der Waals surface area contributed by atoms with Crippen LogP contribution >= 0.6 is 0 Å². The van der Waals surface area contributed by atoms with Gasteiger partial charge in [0, 0.05) is 19.3 Å². The van der Waals surface area contributed by atoms with Crippen LogP contribution in [-0.4, -0.2) is 41.3 Å². The Kier molecular flexibility index (Phi) is 3.79. The number of nitrogens with two attached hydrogens (primary N) is 1. The number of carbonyl (C=O) groups excluding carboxylic acids is 1. The lowest BCUT2D eigenvalue weighted by molar-refractivity contribution is 0.0794. The van der Waals surface area contributed by atoms with Crippen molar-refractivity contribution in [1.29, 1.82) is 0 Å². The summed E-state index contributed by atoms with van der Waals surface area (Å²) >= 11 is 0. The first-order chi connectivity index (χ1) is 10.2. The van der Waals surface area contributed by atoms with Crippen molar-refractivity contribution in [2.75, 3.05) is 24.7 Å². The third kappa shape index (κ3) is 2.47. The van der Waals surface area contributed by atoms with Gasteiger partial charge in [0.2, 0.25) is 0 Å². The molecule has 0 aromatic carbocycles. The molecule has 6 heteroatoms. The molecule has 0 aliphatic carbocycles. The van der Waals surface area contributed by atoms with Gasteiger partial charge in [0.15, 0.2) is 0 Å². The minimum absolute atomic E-state index is 0.267. The van der Waals surface area contributed by atoms with Gasteiger partial charge in [-0.3, -0.25) is 4.79 Å². The van der Waals surface area contributed by atoms with Crippen LogP contribution in [0.5, 0.6) is 0 Å². The first kappa shape index (κ1) is 13.9. The van der Waals surface area contributed by atoms with Crippen molar-refractivity contribution in [3.63, 3.8) is 0 Å². The van der Waals surface area contributed by atoms with E-state index in [4.69, 9.17) is 10.5 Å². The van der Waals surface area contributed by atoms with Gasteiger partial charge in [0.1, 0.15) is 0 Å². The van der Waals surface area contributed by atoms with Gasteiger partial charge in [-0.1, -0.05) is 0 Å². The highest BCUT2D eigenvalue weighted by molar-refractivity contribution is 6.02. The maximum absolute atomic E-state index is 11.8. The monoisotopic (exact) mass is 288 g/mol. The van der Waals surface area contributed by atoms with Crippen molar-refractivity contribution >= 4 is 17.1 Å². The van der Waals surface area contributed by atoms with E-state index in [-0.39, 0.29) is 6.04 Å². The average molecular weight is 288 g/mol. The van der Waals surface area contributed by atoms with Gasteiger partial charge in [0.05, 0.1) is 35.6 Å². The predicted molar refractivity (Wildman–Crippen MR) is 80.6 cm³/mol. The number of hydrogen-bond acceptors (Lipinski definition) is 4. The Balaban J connectivity index is 2.12. The van der Waals surface area contributed by atoms with Crippen LogP contribution in [0.4, 0.5) is 5.69 Å². The number of fused-ring (bicyclic) bond motifs is 1. The number of aromatic nitrogens is 2. The molecule has 2 aromatic heterocycles. The summed E-state index contributed by atoms with van der Waals surface area (Å²) < 4.78 is 7.37. The molecule has 1 aliphatic rings. The molecule has 0 bridgehead atoms. The number of primary amides is 1. The van der Waals surface area contributed by atoms with Crippen LogP contribution in [0.15, 0.2) is 24.5 Å². The van der Waals surface area contributed by atoms with Crippen LogP contribution in [0.25, 0.3) is 5.52 Å². The summed E-state index contributed by atoms with van der Waals surface area (Å²) in [6, 6.07) is 4.14. The molecule has 21 heavy (non-hydrogen) atoms. The van der Waals surface area contributed by atoms with E-state index in [2.05, 4.69) is 16.9 Å². The number of rotatable bonds is 4. The van der Waals surface area contributed by atoms with E-state index in [1.165, 1.54) is 0 Å². The Bertz CT molecular complexity index is 646. The van der Waals surface area contributed by atoms with E-state index in [0.29, 0.717) is 12.2 Å². The highest BCUT2D eigenvalue weighted by atomic mass is 16.5. The third-order valence-electron chi connectivity index (χ3n) is 4.01. The van der Waals surface area contributed by atoms with Crippen molar-refractivity contribution < 1.29 is 9.53 Å². The molecule has 0 radical (unpaired) electrons. The van der Waals surface area contributed by atoms with Crippen molar-refractivity contribution in [1.82, 2.24) is 9.61 Å². The van der Waals surface area contributed by atoms with Gasteiger partial charge in [-0.2, -0.15) is 5.10 Å². The van der Waals surface area contributed by atoms with E-state index in [9.17, 15) is 4.79 Å². The molecule has 1 fully saturated rings. The van der Waals surface area contributed by atoms with Crippen LogP contribution in [0, 0.1) is 0 Å². The summed E-state index contributed by atoms with van der Waals surface area (Å²) in [5.41, 5.74) is 7.78. The lowest BCUT2D eigenvalue weighted by Crippen LogP contribution is -2.42. The first-order valence-electron chi connectivity index (χ1n) is 7.33. The molecule has 2 N–H and O–H groups in total. The number of hydrogen-bond donors (Lipinski definition) is 1. The summed E-state index contributed by atoms with van der Waals surface area (Å²) in [5, 5.41) is 4.24. The molecule has 1 amide bonds. The fourth-order valence-electron chi connectivity index (χ4n) is 3.03. The van der Waals surface area contributed by atoms with Crippen LogP contribution in [0.3, 0.4) is 0 Å². The smallest absolute Gasteiger partial charge is 0.252 e. The van der Waals surface area contributed by atoms with Crippen molar-refractivity contribution in [2.24, 2.45) is 5.73 Å². The molecule has 0 saturated carbocycles. The SMILES string of the molecule is CCN(c1c(C(N)=O)cnn2cccc12)C1CCCOC1. The Morgan fingerprint density at radius 3 is 3.14 bits per heavy atom. The minimum Gasteiger partial charge on any atom is -0.379 e. The molecular formula is C15H20N4O2. The Labute approximate surface area is 123 Å². The van der Waals surface area contributed by atoms with E-state index in [1.807, 2.05) is 18.3 Å². The largest absolute Gasteiger partial charge is 0.379 e. The lowest BCUT2D eigenvalue weighted by atomic mass is 10.1. The molecule has 0 spiro atoms. The zero-order valence-corrected chi connectivity index (χ0v) is 12.2. The Morgan fingerprint density at radius 1 is 1.62 bits per heavy atom. The van der Waals surface area contributed by atoms with E-state index >= 15 is 0 Å². The third-order valence-corrected chi connectivity index (χ3v) is 4.01. The normalized spacial score (nSPS) is 18.8. The quantitative estimate of drug-likeness (QED) is 0.924. The van der Waals surface area contributed by atoms with E-state index in [0.717, 1.165) is 37.2 Å². The van der Waals surface area contributed by atoms with Crippen molar-refractivity contribution in [3.8, 4) is 0 Å². The number of carbonyl (C=O) groups is 1. The first-order valence-corrected chi connectivity index (χ1v) is 7.33. The zero-order chi connectivity index (χ0) is 14.8. The standard InChI is InChI=1S/C15H20N4O2/c1-2-18(11-5-4-8-21-10-11)14-12(15(16)20)9-17-19-7-3-6-13(14)19/h3,6-7,9,11H,2,4-5,8,10H2,1H3,(H2,16,20). The molecule has 1 saturated heterocycles. The fraction of sp³-hybridized carbons (Fsp3) is 0.467. The lowest BCUT2D eigenvalue weighted by Gasteiger charge is -2.36. The van der Waals surface area contributed by atoms with Gasteiger partial charge >= 0.3 is 0 Å². The highest BCUT2D eigenvalue weighted by Gasteiger charge is 2.26. The Hall–Kier alpha value is -2.08. The van der Waals surface area contributed by atoms with Gasteiger partial charge in [0.25, 0.3) is 5.91 Å². The van der Waals surface area contributed by atoms with Crippen molar-refractivity contribution in [2.45, 2.75) is 25.8 Å². The summed E-state index contributed by atoms with van der Waals surface area (Å²) in [5.74, 6) is -0.448. The second kappa shape index (κ2) is 5.73. The molecule has 1 aliphatic heterocycles. The van der Waals surface area contributed by atoms with Crippen LogP contribution < -0.4 is 10.6 Å². The fourth-order valence-corrected chi connectivity index (χ4v) is 3.03. The molecule has 2 aromatic rings. The number of ether oxygens (including phenoxy) is 1. The Morgan fingerprint density at radius 2 is 2.48 bits per heavy atom. The van der Waals surface area contributed by atoms with Crippen molar-refractivity contribution in [3.05, 3.63) is 30.1 Å². The topological polar surface area (TPSA) is 72.9 Å². The van der Waals surface area contributed by atoms with E-state index in [1.54, 1.807) is 10.7 Å². The second-order valence-electron chi connectivity index (χ2n) is 5.27. The zero-order valence-electron chi connectivity index (χ0n) is 12.2. The minimum atomic E-state index is -0.448. The molecule has 6 nitrogen and oxygen atoms in total. The average Bonchev–Trinajstić information content (AvgIpc) is 2.97. The molecule has 3 heterocycles. The summed E-state index contributed by atoms with van der Waals surface area (Å²) in [6.45, 7) is 4.37. The summed E-state index contributed by atoms with van der Waals surface area (Å²) in [4.78, 5) is 14.0. The molecule has 1 unspecified atom stereocenters. The van der Waals surface area contributed by atoms with Crippen LogP contribution in [0.1, 0.15) is 30.1 Å². The van der Waals surface area contributed by atoms with Crippen LogP contribution in [0.2, 0.25) is 0 Å². The van der Waals surface area contributed by atoms with Gasteiger partial charge in [-0.15, -0.1) is 0 Å². The van der Waals surface area contributed by atoms with Crippen LogP contribution in [-0.2, 0) is 4.74 Å². The molecule has 112 valence electrons. The maximum Gasteiger partial charge on any atom is 0.252 e. The van der Waals surface area contributed by atoms with Gasteiger partial charge < -0.3 is 15.4 Å². The number of nitrogens with zero attached hydrogens (tertiary/aromatic N) is 3. The number of amides is 1.